The van der Waals surface area contributed by atoms with E-state index < -0.39 is 16.1 Å². The molecule has 0 radical (unpaired) electrons. The minimum Gasteiger partial charge on any atom is -0.268 e. The molecule has 1 amide bonds. The van der Waals surface area contributed by atoms with E-state index in [-0.39, 0.29) is 0 Å². The molecule has 0 aromatic heterocycles. The molecule has 0 aliphatic carbocycles. The number of aryl methyl sites for hydroxylation is 1. The predicted octanol–water partition coefficient (Wildman–Crippen LogP) is 0.785. The Hall–Kier alpha value is -1.40. The van der Waals surface area contributed by atoms with E-state index in [1.165, 1.54) is 14.1 Å². The lowest BCUT2D eigenvalue weighted by atomic mass is 10.1. The van der Waals surface area contributed by atoms with Crippen molar-refractivity contribution in [3.05, 3.63) is 35.4 Å². The fourth-order valence-corrected chi connectivity index (χ4v) is 1.73. The lowest BCUT2D eigenvalue weighted by molar-refractivity contribution is 0.0979. The second-order valence-electron chi connectivity index (χ2n) is 3.77. The first-order valence-corrected chi connectivity index (χ1v) is 6.64. The van der Waals surface area contributed by atoms with Crippen molar-refractivity contribution in [2.75, 3.05) is 14.1 Å². The number of nitrogens with one attached hydrogen (secondary N) is 1. The maximum atomic E-state index is 11.7. The van der Waals surface area contributed by atoms with Crippen molar-refractivity contribution in [3.8, 4) is 0 Å². The Bertz CT molecular complexity index is 509. The molecule has 0 spiro atoms. The van der Waals surface area contributed by atoms with Crippen LogP contribution in [0.1, 0.15) is 22.8 Å². The van der Waals surface area contributed by atoms with Gasteiger partial charge in [0, 0.05) is 19.7 Å². The van der Waals surface area contributed by atoms with Gasteiger partial charge in [-0.2, -0.15) is 12.7 Å². The zero-order chi connectivity index (χ0) is 13.1. The van der Waals surface area contributed by atoms with Gasteiger partial charge >= 0.3 is 10.2 Å². The summed E-state index contributed by atoms with van der Waals surface area (Å²) in [4.78, 5) is 11.7. The lowest BCUT2D eigenvalue weighted by Crippen LogP contribution is -2.39. The van der Waals surface area contributed by atoms with E-state index >= 15 is 0 Å². The van der Waals surface area contributed by atoms with E-state index in [0.717, 1.165) is 16.3 Å². The molecule has 17 heavy (non-hydrogen) atoms. The van der Waals surface area contributed by atoms with Crippen LogP contribution in [-0.4, -0.2) is 32.7 Å². The highest BCUT2D eigenvalue weighted by Crippen LogP contribution is 2.06. The van der Waals surface area contributed by atoms with Crippen LogP contribution in [0.25, 0.3) is 0 Å². The van der Waals surface area contributed by atoms with Crippen molar-refractivity contribution in [1.82, 2.24) is 9.03 Å². The smallest absolute Gasteiger partial charge is 0.268 e. The van der Waals surface area contributed by atoms with Crippen molar-refractivity contribution in [2.24, 2.45) is 0 Å². The van der Waals surface area contributed by atoms with Crippen LogP contribution in [0.2, 0.25) is 0 Å². The number of amides is 1. The molecule has 0 aliphatic rings. The summed E-state index contributed by atoms with van der Waals surface area (Å²) in [5.41, 5.74) is 1.33. The first kappa shape index (κ1) is 13.7. The standard InChI is InChI=1S/C11H16N2O3S/c1-4-9-6-5-7-10(8-9)11(14)12-17(15,16)13(2)3/h5-8H,4H2,1-3H3,(H,12,14). The number of carbonyl (C=O) groups is 1. The molecule has 1 aromatic carbocycles. The first-order valence-electron chi connectivity index (χ1n) is 5.20. The maximum absolute atomic E-state index is 11.7. The quantitative estimate of drug-likeness (QED) is 0.866. The zero-order valence-electron chi connectivity index (χ0n) is 10.1. The van der Waals surface area contributed by atoms with Gasteiger partial charge in [-0.1, -0.05) is 19.1 Å². The highest BCUT2D eigenvalue weighted by molar-refractivity contribution is 7.87. The number of hydrogen-bond donors (Lipinski definition) is 1. The van der Waals surface area contributed by atoms with Crippen LogP contribution >= 0.6 is 0 Å². The molecule has 0 atom stereocenters. The third-order valence-corrected chi connectivity index (χ3v) is 3.70. The lowest BCUT2D eigenvalue weighted by Gasteiger charge is -2.12. The van der Waals surface area contributed by atoms with E-state index in [1.54, 1.807) is 18.2 Å². The Morgan fingerprint density at radius 3 is 2.53 bits per heavy atom. The fourth-order valence-electron chi connectivity index (χ4n) is 1.20. The zero-order valence-corrected chi connectivity index (χ0v) is 10.9. The highest BCUT2D eigenvalue weighted by atomic mass is 32.2. The average Bonchev–Trinajstić information content (AvgIpc) is 2.28. The van der Waals surface area contributed by atoms with E-state index in [0.29, 0.717) is 5.56 Å². The normalized spacial score (nSPS) is 11.5. The molecule has 0 saturated carbocycles. The Morgan fingerprint density at radius 2 is 2.00 bits per heavy atom. The second kappa shape index (κ2) is 5.29. The second-order valence-corrected chi connectivity index (χ2v) is 5.66. The average molecular weight is 256 g/mol. The van der Waals surface area contributed by atoms with Gasteiger partial charge in [0.2, 0.25) is 0 Å². The van der Waals surface area contributed by atoms with Crippen molar-refractivity contribution >= 4 is 16.1 Å². The summed E-state index contributed by atoms with van der Waals surface area (Å²) in [5.74, 6) is -0.617. The van der Waals surface area contributed by atoms with Crippen LogP contribution in [0.4, 0.5) is 0 Å². The Labute approximate surface area is 102 Å². The number of nitrogens with zero attached hydrogens (tertiary/aromatic N) is 1. The van der Waals surface area contributed by atoms with Gasteiger partial charge in [-0.3, -0.25) is 4.79 Å². The minimum absolute atomic E-state index is 0.342. The van der Waals surface area contributed by atoms with Crippen molar-refractivity contribution in [2.45, 2.75) is 13.3 Å². The molecule has 1 aromatic rings. The van der Waals surface area contributed by atoms with Gasteiger partial charge in [-0.05, 0) is 24.1 Å². The third kappa shape index (κ3) is 3.54. The monoisotopic (exact) mass is 256 g/mol. The molecule has 0 unspecified atom stereocenters. The molecule has 1 N–H and O–H groups in total. The summed E-state index contributed by atoms with van der Waals surface area (Å²) < 4.78 is 25.9. The predicted molar refractivity (Wildman–Crippen MR) is 65.9 cm³/mol. The number of rotatable bonds is 4. The van der Waals surface area contributed by atoms with Crippen molar-refractivity contribution < 1.29 is 13.2 Å². The number of benzene rings is 1. The molecule has 0 fully saturated rings. The highest BCUT2D eigenvalue weighted by Gasteiger charge is 2.17. The van der Waals surface area contributed by atoms with Gasteiger partial charge < -0.3 is 0 Å². The van der Waals surface area contributed by atoms with Crippen LogP contribution in [-0.2, 0) is 16.6 Å². The summed E-state index contributed by atoms with van der Waals surface area (Å²) in [7, 11) is -1.01. The van der Waals surface area contributed by atoms with Crippen LogP contribution < -0.4 is 4.72 Å². The van der Waals surface area contributed by atoms with Crippen LogP contribution in [0, 0.1) is 0 Å². The van der Waals surface area contributed by atoms with Gasteiger partial charge in [0.15, 0.2) is 0 Å². The summed E-state index contributed by atoms with van der Waals surface area (Å²) >= 11 is 0. The largest absolute Gasteiger partial charge is 0.303 e. The Kier molecular flexibility index (Phi) is 4.25. The van der Waals surface area contributed by atoms with Crippen LogP contribution in [0.5, 0.6) is 0 Å². The van der Waals surface area contributed by atoms with Crippen LogP contribution in [0.15, 0.2) is 24.3 Å². The van der Waals surface area contributed by atoms with E-state index in [2.05, 4.69) is 0 Å². The molecule has 1 rings (SSSR count). The summed E-state index contributed by atoms with van der Waals surface area (Å²) in [6.45, 7) is 1.97. The van der Waals surface area contributed by atoms with Crippen molar-refractivity contribution in [1.29, 1.82) is 0 Å². The number of carbonyl (C=O) groups excluding carboxylic acids is 1. The molecular formula is C11H16N2O3S. The SMILES string of the molecule is CCc1cccc(C(=O)NS(=O)(=O)N(C)C)c1. The minimum atomic E-state index is -3.73. The first-order chi connectivity index (χ1) is 7.86. The molecule has 0 saturated heterocycles. The molecule has 94 valence electrons. The number of hydrogen-bond acceptors (Lipinski definition) is 3. The van der Waals surface area contributed by atoms with Gasteiger partial charge in [0.1, 0.15) is 0 Å². The molecule has 0 heterocycles. The molecular weight excluding hydrogens is 240 g/mol. The fraction of sp³-hybridized carbons (Fsp3) is 0.364. The van der Waals surface area contributed by atoms with E-state index in [1.807, 2.05) is 17.7 Å². The molecule has 0 aliphatic heterocycles. The van der Waals surface area contributed by atoms with Crippen molar-refractivity contribution in [3.63, 3.8) is 0 Å². The Balaban J connectivity index is 2.91. The van der Waals surface area contributed by atoms with Gasteiger partial charge in [0.25, 0.3) is 5.91 Å². The summed E-state index contributed by atoms with van der Waals surface area (Å²) in [6.07, 6.45) is 0.793. The summed E-state index contributed by atoms with van der Waals surface area (Å²) in [5, 5.41) is 0. The molecule has 5 nitrogen and oxygen atoms in total. The third-order valence-electron chi connectivity index (χ3n) is 2.30. The Morgan fingerprint density at radius 1 is 1.35 bits per heavy atom. The van der Waals surface area contributed by atoms with Crippen LogP contribution in [0.3, 0.4) is 0 Å². The van der Waals surface area contributed by atoms with Gasteiger partial charge in [-0.25, -0.2) is 4.72 Å². The molecule has 6 heteroatoms. The van der Waals surface area contributed by atoms with Gasteiger partial charge in [0.05, 0.1) is 0 Å². The van der Waals surface area contributed by atoms with E-state index in [4.69, 9.17) is 0 Å². The maximum Gasteiger partial charge on any atom is 0.303 e. The van der Waals surface area contributed by atoms with Gasteiger partial charge in [-0.15, -0.1) is 0 Å². The topological polar surface area (TPSA) is 66.5 Å². The van der Waals surface area contributed by atoms with E-state index in [9.17, 15) is 13.2 Å². The summed E-state index contributed by atoms with van der Waals surface area (Å²) in [6, 6.07) is 6.88. The molecule has 0 bridgehead atoms.